The van der Waals surface area contributed by atoms with Gasteiger partial charge in [0, 0.05) is 45.0 Å². The molecule has 0 fully saturated rings. The highest BCUT2D eigenvalue weighted by atomic mass is 16.5. The summed E-state index contributed by atoms with van der Waals surface area (Å²) in [5.41, 5.74) is 10.9. The number of aryl methyl sites for hydroxylation is 1. The number of aromatic nitrogens is 2. The summed E-state index contributed by atoms with van der Waals surface area (Å²) in [5.74, 6) is 2.17. The number of nitrogens with zero attached hydrogens (tertiary/aromatic N) is 3. The Hall–Kier alpha value is -5.68. The summed E-state index contributed by atoms with van der Waals surface area (Å²) in [4.78, 5) is 10.4. The van der Waals surface area contributed by atoms with E-state index in [0.717, 1.165) is 50.5 Å². The fraction of sp³-hybridized carbons (Fsp3) is 0.234. The number of para-hydroxylation sites is 1. The molecular formula is C47H41N3O2. The van der Waals surface area contributed by atoms with Crippen LogP contribution in [-0.4, -0.2) is 21.0 Å². The first-order valence-electron chi connectivity index (χ1n) is 18.2. The molecule has 5 heteroatoms. The number of hydrogen-bond acceptors (Lipinski definition) is 4. The number of rotatable bonds is 4. The monoisotopic (exact) mass is 679 g/mol. The van der Waals surface area contributed by atoms with Gasteiger partial charge in [-0.1, -0.05) is 100 Å². The van der Waals surface area contributed by atoms with Gasteiger partial charge in [-0.3, -0.25) is 4.57 Å². The van der Waals surface area contributed by atoms with E-state index in [-0.39, 0.29) is 10.8 Å². The molecule has 0 unspecified atom stereocenters. The SMILES string of the molecule is Cc1cc2c(cc1Oc1cc(C3=N[C@]4(C)C(C)(C)c5ccccc5[C@]4(C)O3)cc(-c3ccccc3)c1)-n1c3ncccc3c3cccc(c31)C2(C)C. The fourth-order valence-electron chi connectivity index (χ4n) is 9.46. The molecule has 0 amide bonds. The van der Waals surface area contributed by atoms with Gasteiger partial charge in [0.05, 0.1) is 11.2 Å². The Morgan fingerprint density at radius 2 is 1.35 bits per heavy atom. The highest BCUT2D eigenvalue weighted by Gasteiger charge is 2.67. The van der Waals surface area contributed by atoms with Crippen LogP contribution in [0.4, 0.5) is 0 Å². The van der Waals surface area contributed by atoms with Crippen molar-refractivity contribution in [3.63, 3.8) is 0 Å². The molecule has 7 aromatic rings. The van der Waals surface area contributed by atoms with Crippen molar-refractivity contribution < 1.29 is 9.47 Å². The first-order chi connectivity index (χ1) is 24.9. The second-order valence-electron chi connectivity index (χ2n) is 16.2. The van der Waals surface area contributed by atoms with E-state index < -0.39 is 11.1 Å². The molecule has 3 aliphatic rings. The molecule has 2 atom stereocenters. The summed E-state index contributed by atoms with van der Waals surface area (Å²) >= 11 is 0. The molecule has 0 N–H and O–H groups in total. The molecule has 5 aromatic carbocycles. The number of fused-ring (bicyclic) bond motifs is 8. The summed E-state index contributed by atoms with van der Waals surface area (Å²) in [6.07, 6.45) is 1.88. The van der Waals surface area contributed by atoms with E-state index in [1.807, 2.05) is 18.3 Å². The summed E-state index contributed by atoms with van der Waals surface area (Å²) in [7, 11) is 0. The third-order valence-corrected chi connectivity index (χ3v) is 12.8. The molecule has 1 aliphatic carbocycles. The van der Waals surface area contributed by atoms with Crippen LogP contribution in [-0.2, 0) is 21.2 Å². The average molecular weight is 680 g/mol. The van der Waals surface area contributed by atoms with Crippen molar-refractivity contribution in [2.24, 2.45) is 4.99 Å². The number of ether oxygens (including phenoxy) is 2. The molecular weight excluding hydrogens is 639 g/mol. The molecule has 2 aromatic heterocycles. The number of benzene rings is 5. The van der Waals surface area contributed by atoms with Gasteiger partial charge >= 0.3 is 0 Å². The molecule has 256 valence electrons. The van der Waals surface area contributed by atoms with E-state index in [1.54, 1.807) is 0 Å². The highest BCUT2D eigenvalue weighted by molar-refractivity contribution is 6.10. The minimum Gasteiger partial charge on any atom is -0.464 e. The van der Waals surface area contributed by atoms with Crippen molar-refractivity contribution in [3.8, 4) is 28.3 Å². The third kappa shape index (κ3) is 3.88. The molecule has 0 saturated carbocycles. The van der Waals surface area contributed by atoms with Gasteiger partial charge in [-0.05, 0) is 90.6 Å². The van der Waals surface area contributed by atoms with E-state index in [2.05, 4.69) is 156 Å². The van der Waals surface area contributed by atoms with Crippen molar-refractivity contribution in [2.45, 2.75) is 70.4 Å². The lowest BCUT2D eigenvalue weighted by Gasteiger charge is -2.39. The van der Waals surface area contributed by atoms with Gasteiger partial charge in [-0.15, -0.1) is 0 Å². The Bertz CT molecular complexity index is 2680. The molecule has 10 rings (SSSR count). The summed E-state index contributed by atoms with van der Waals surface area (Å²) < 4.78 is 16.3. The molecule has 4 heterocycles. The maximum atomic E-state index is 7.02. The first kappa shape index (κ1) is 31.1. The number of aliphatic imine (C=N–C) groups is 1. The number of hydrogen-bond donors (Lipinski definition) is 0. The van der Waals surface area contributed by atoms with Gasteiger partial charge in [0.25, 0.3) is 0 Å². The van der Waals surface area contributed by atoms with E-state index >= 15 is 0 Å². The molecule has 0 bridgehead atoms. The Morgan fingerprint density at radius 1 is 0.635 bits per heavy atom. The van der Waals surface area contributed by atoms with Gasteiger partial charge in [0.2, 0.25) is 5.90 Å². The van der Waals surface area contributed by atoms with Gasteiger partial charge < -0.3 is 9.47 Å². The van der Waals surface area contributed by atoms with Crippen LogP contribution < -0.4 is 4.74 Å². The Kier molecular flexibility index (Phi) is 6.11. The van der Waals surface area contributed by atoms with Gasteiger partial charge in [0.15, 0.2) is 5.60 Å². The van der Waals surface area contributed by atoms with E-state index in [0.29, 0.717) is 5.90 Å². The van der Waals surface area contributed by atoms with Crippen LogP contribution in [0, 0.1) is 6.92 Å². The van der Waals surface area contributed by atoms with Crippen LogP contribution in [0.25, 0.3) is 38.8 Å². The van der Waals surface area contributed by atoms with Crippen LogP contribution in [0.1, 0.15) is 74.9 Å². The standard InChI is InChI=1S/C47H41N3O2/c1-28-23-38-39(50-41-33(34-18-14-22-48-42(34)50)17-13-21-37(41)44(38,2)3)27-40(28)51-32-25-30(29-15-9-8-10-16-29)24-31(26-32)43-49-47(7)45(4,5)35-19-11-12-20-36(35)46(47,6)52-43/h8-27H,1-7H3/t46-,47+/m0/s1. The van der Waals surface area contributed by atoms with Gasteiger partial charge in [-0.25, -0.2) is 9.98 Å². The Labute approximate surface area is 304 Å². The largest absolute Gasteiger partial charge is 0.464 e. The lowest BCUT2D eigenvalue weighted by molar-refractivity contribution is 0.0192. The minimum atomic E-state index is -0.608. The minimum absolute atomic E-state index is 0.211. The smallest absolute Gasteiger partial charge is 0.217 e. The van der Waals surface area contributed by atoms with E-state index in [4.69, 9.17) is 19.5 Å². The average Bonchev–Trinajstić information content (AvgIpc) is 3.68. The summed E-state index contributed by atoms with van der Waals surface area (Å²) in [6.45, 7) is 15.8. The molecule has 2 aliphatic heterocycles. The van der Waals surface area contributed by atoms with Crippen LogP contribution in [0.5, 0.6) is 11.5 Å². The molecule has 5 nitrogen and oxygen atoms in total. The quantitative estimate of drug-likeness (QED) is 0.186. The lowest BCUT2D eigenvalue weighted by atomic mass is 9.69. The van der Waals surface area contributed by atoms with Gasteiger partial charge in [0.1, 0.15) is 22.7 Å². The fourth-order valence-corrected chi connectivity index (χ4v) is 9.46. The van der Waals surface area contributed by atoms with E-state index in [9.17, 15) is 0 Å². The van der Waals surface area contributed by atoms with Crippen molar-refractivity contribution in [1.82, 2.24) is 9.55 Å². The predicted octanol–water partition coefficient (Wildman–Crippen LogP) is 11.3. The van der Waals surface area contributed by atoms with Crippen LogP contribution in [0.15, 0.2) is 126 Å². The second kappa shape index (κ2) is 10.2. The summed E-state index contributed by atoms with van der Waals surface area (Å²) in [5, 5.41) is 2.37. The Morgan fingerprint density at radius 3 is 2.15 bits per heavy atom. The molecule has 0 saturated heterocycles. The maximum Gasteiger partial charge on any atom is 0.217 e. The van der Waals surface area contributed by atoms with Crippen LogP contribution >= 0.6 is 0 Å². The van der Waals surface area contributed by atoms with Crippen molar-refractivity contribution in [2.75, 3.05) is 0 Å². The van der Waals surface area contributed by atoms with Crippen molar-refractivity contribution >= 4 is 27.8 Å². The Balaban J connectivity index is 1.13. The van der Waals surface area contributed by atoms with Crippen molar-refractivity contribution in [3.05, 3.63) is 155 Å². The van der Waals surface area contributed by atoms with E-state index in [1.165, 1.54) is 33.2 Å². The normalized spacial score (nSPS) is 21.7. The molecule has 0 radical (unpaired) electrons. The zero-order valence-corrected chi connectivity index (χ0v) is 30.7. The zero-order valence-electron chi connectivity index (χ0n) is 30.7. The highest BCUT2D eigenvalue weighted by Crippen LogP contribution is 2.62. The van der Waals surface area contributed by atoms with Crippen LogP contribution in [0.3, 0.4) is 0 Å². The topological polar surface area (TPSA) is 48.6 Å². The lowest BCUT2D eigenvalue weighted by Crippen LogP contribution is -2.49. The molecule has 52 heavy (non-hydrogen) atoms. The first-order valence-corrected chi connectivity index (χ1v) is 18.2. The maximum absolute atomic E-state index is 7.02. The zero-order chi connectivity index (χ0) is 35.8. The third-order valence-electron chi connectivity index (χ3n) is 12.8. The molecule has 0 spiro atoms. The summed E-state index contributed by atoms with van der Waals surface area (Å²) in [6, 6.07) is 40.9. The van der Waals surface area contributed by atoms with Crippen LogP contribution in [0.2, 0.25) is 0 Å². The number of pyridine rings is 1. The van der Waals surface area contributed by atoms with Gasteiger partial charge in [-0.2, -0.15) is 0 Å². The van der Waals surface area contributed by atoms with Crippen molar-refractivity contribution in [1.29, 1.82) is 0 Å². The predicted molar refractivity (Wildman–Crippen MR) is 210 cm³/mol. The second-order valence-corrected chi connectivity index (χ2v) is 16.2.